The van der Waals surface area contributed by atoms with Gasteiger partial charge in [-0.25, -0.2) is 8.78 Å². The van der Waals surface area contributed by atoms with Gasteiger partial charge in [0, 0.05) is 24.4 Å². The van der Waals surface area contributed by atoms with Gasteiger partial charge in [0.15, 0.2) is 0 Å². The lowest BCUT2D eigenvalue weighted by atomic mass is 9.90. The quantitative estimate of drug-likeness (QED) is 0.868. The Labute approximate surface area is 113 Å². The Morgan fingerprint density at radius 2 is 2.17 bits per heavy atom. The highest BCUT2D eigenvalue weighted by Crippen LogP contribution is 2.25. The smallest absolute Gasteiger partial charge is 0.143 e. The number of Topliss-reactive ketones (excluding diaryl/α,β-unsaturated/α-hetero) is 1. The summed E-state index contributed by atoms with van der Waals surface area (Å²) in [5.41, 5.74) is -0.145. The summed E-state index contributed by atoms with van der Waals surface area (Å²) in [6.07, 6.45) is -0.187. The summed E-state index contributed by atoms with van der Waals surface area (Å²) < 4.78 is 27.5. The van der Waals surface area contributed by atoms with Crippen LogP contribution < -0.4 is 5.32 Å². The molecule has 1 fully saturated rings. The first-order valence-corrected chi connectivity index (χ1v) is 6.65. The summed E-state index contributed by atoms with van der Waals surface area (Å²) in [5.74, 6) is -1.38. The zero-order valence-electron chi connectivity index (χ0n) is 9.97. The first kappa shape index (κ1) is 13.6. The molecule has 0 aliphatic carbocycles. The lowest BCUT2D eigenvalue weighted by molar-refractivity contribution is -0.122. The van der Waals surface area contributed by atoms with E-state index in [1.807, 2.05) is 6.92 Å². The third-order valence-corrected chi connectivity index (χ3v) is 4.03. The van der Waals surface area contributed by atoms with Crippen molar-refractivity contribution in [2.45, 2.75) is 13.3 Å². The van der Waals surface area contributed by atoms with Crippen LogP contribution in [0.1, 0.15) is 12.5 Å². The maximum atomic E-state index is 13.8. The second-order valence-corrected chi connectivity index (χ2v) is 5.56. The number of carbonyl (C=O) groups excluding carboxylic acids is 1. The van der Waals surface area contributed by atoms with Crippen molar-refractivity contribution in [3.8, 4) is 0 Å². The molecule has 2 rings (SSSR count). The molecule has 1 aliphatic rings. The summed E-state index contributed by atoms with van der Waals surface area (Å²) in [6, 6.07) is 2.48. The van der Waals surface area contributed by atoms with Crippen LogP contribution in [0.2, 0.25) is 0 Å². The van der Waals surface area contributed by atoms with E-state index in [4.69, 9.17) is 0 Å². The van der Waals surface area contributed by atoms with E-state index in [0.29, 0.717) is 6.54 Å². The molecule has 1 heterocycles. The lowest BCUT2D eigenvalue weighted by Gasteiger charge is -2.13. The van der Waals surface area contributed by atoms with Crippen molar-refractivity contribution in [2.24, 2.45) is 11.8 Å². The maximum Gasteiger partial charge on any atom is 0.143 e. The first-order chi connectivity index (χ1) is 8.50. The molecular formula is C13H14BrF2NO. The largest absolute Gasteiger partial charge is 0.316 e. The topological polar surface area (TPSA) is 29.1 Å². The van der Waals surface area contributed by atoms with Crippen LogP contribution in [0.5, 0.6) is 0 Å². The molecule has 0 spiro atoms. The highest BCUT2D eigenvalue weighted by molar-refractivity contribution is 9.10. The van der Waals surface area contributed by atoms with Gasteiger partial charge < -0.3 is 5.32 Å². The maximum absolute atomic E-state index is 13.8. The van der Waals surface area contributed by atoms with Gasteiger partial charge in [0.1, 0.15) is 17.4 Å². The van der Waals surface area contributed by atoms with Gasteiger partial charge in [-0.3, -0.25) is 4.79 Å². The van der Waals surface area contributed by atoms with Gasteiger partial charge in [-0.2, -0.15) is 0 Å². The van der Waals surface area contributed by atoms with E-state index in [1.54, 1.807) is 0 Å². The van der Waals surface area contributed by atoms with Crippen LogP contribution in [-0.4, -0.2) is 18.9 Å². The fraction of sp³-hybridized carbons (Fsp3) is 0.462. The first-order valence-electron chi connectivity index (χ1n) is 5.86. The van der Waals surface area contributed by atoms with Crippen LogP contribution in [0.3, 0.4) is 0 Å². The molecule has 1 aromatic carbocycles. The zero-order chi connectivity index (χ0) is 13.3. The van der Waals surface area contributed by atoms with Crippen molar-refractivity contribution in [1.29, 1.82) is 0 Å². The van der Waals surface area contributed by atoms with Gasteiger partial charge in [0.25, 0.3) is 0 Å². The molecule has 0 saturated carbocycles. The number of nitrogens with one attached hydrogen (secondary N) is 1. The van der Waals surface area contributed by atoms with Crippen molar-refractivity contribution in [1.82, 2.24) is 5.32 Å². The molecule has 1 saturated heterocycles. The highest BCUT2D eigenvalue weighted by atomic mass is 79.9. The normalized spacial score (nSPS) is 23.3. The second kappa shape index (κ2) is 5.45. The predicted octanol–water partition coefficient (Wildman–Crippen LogP) is 2.69. The standard InChI is InChI=1S/C13H14BrF2NO/c1-7-5-17-6-9(7)12(18)4-8-11(15)3-2-10(14)13(8)16/h2-3,7,9,17H,4-6H2,1H3. The van der Waals surface area contributed by atoms with E-state index in [-0.39, 0.29) is 34.1 Å². The van der Waals surface area contributed by atoms with Crippen LogP contribution in [0, 0.1) is 23.5 Å². The van der Waals surface area contributed by atoms with E-state index in [1.165, 1.54) is 12.1 Å². The SMILES string of the molecule is CC1CNCC1C(=O)Cc1c(F)ccc(Br)c1F. The Bertz CT molecular complexity index is 478. The van der Waals surface area contributed by atoms with Crippen molar-refractivity contribution in [3.05, 3.63) is 33.8 Å². The summed E-state index contributed by atoms with van der Waals surface area (Å²) in [6.45, 7) is 3.34. The third kappa shape index (κ3) is 2.62. The van der Waals surface area contributed by atoms with E-state index in [9.17, 15) is 13.6 Å². The van der Waals surface area contributed by atoms with Gasteiger partial charge in [0.05, 0.1) is 4.47 Å². The van der Waals surface area contributed by atoms with Gasteiger partial charge in [-0.15, -0.1) is 0 Å². The van der Waals surface area contributed by atoms with Crippen molar-refractivity contribution in [3.63, 3.8) is 0 Å². The fourth-order valence-corrected chi connectivity index (χ4v) is 2.65. The van der Waals surface area contributed by atoms with Crippen molar-refractivity contribution in [2.75, 3.05) is 13.1 Å². The van der Waals surface area contributed by atoms with Gasteiger partial charge in [-0.05, 0) is 40.5 Å². The van der Waals surface area contributed by atoms with Crippen LogP contribution in [0.25, 0.3) is 0 Å². The van der Waals surface area contributed by atoms with Crippen molar-refractivity contribution >= 4 is 21.7 Å². The molecule has 5 heteroatoms. The minimum absolute atomic E-state index is 0.108. The zero-order valence-corrected chi connectivity index (χ0v) is 11.6. The average Bonchev–Trinajstić information content (AvgIpc) is 2.76. The molecule has 0 bridgehead atoms. The molecule has 2 nitrogen and oxygen atoms in total. The Hall–Kier alpha value is -0.810. The van der Waals surface area contributed by atoms with Gasteiger partial charge >= 0.3 is 0 Å². The molecule has 0 amide bonds. The number of halogens is 3. The number of rotatable bonds is 3. The Kier molecular flexibility index (Phi) is 4.12. The molecule has 2 unspecified atom stereocenters. The fourth-order valence-electron chi connectivity index (χ4n) is 2.28. The summed E-state index contributed by atoms with van der Waals surface area (Å²) >= 11 is 3.00. The van der Waals surface area contributed by atoms with Gasteiger partial charge in [-0.1, -0.05) is 6.92 Å². The number of hydrogen-bond acceptors (Lipinski definition) is 2. The minimum atomic E-state index is -0.679. The number of hydrogen-bond donors (Lipinski definition) is 1. The van der Waals surface area contributed by atoms with E-state index >= 15 is 0 Å². The molecule has 1 aromatic rings. The van der Waals surface area contributed by atoms with E-state index in [0.717, 1.165) is 6.54 Å². The Balaban J connectivity index is 2.19. The lowest BCUT2D eigenvalue weighted by Crippen LogP contribution is -2.24. The Morgan fingerprint density at radius 3 is 2.78 bits per heavy atom. The molecule has 18 heavy (non-hydrogen) atoms. The molecule has 1 aliphatic heterocycles. The van der Waals surface area contributed by atoms with Crippen LogP contribution in [0.4, 0.5) is 8.78 Å². The molecule has 98 valence electrons. The number of benzene rings is 1. The highest BCUT2D eigenvalue weighted by Gasteiger charge is 2.30. The Morgan fingerprint density at radius 1 is 1.44 bits per heavy atom. The van der Waals surface area contributed by atoms with Gasteiger partial charge in [0.2, 0.25) is 0 Å². The average molecular weight is 318 g/mol. The molecule has 0 radical (unpaired) electrons. The molecular weight excluding hydrogens is 304 g/mol. The summed E-state index contributed by atoms with van der Waals surface area (Å²) in [5, 5.41) is 3.11. The predicted molar refractivity (Wildman–Crippen MR) is 68.3 cm³/mol. The molecule has 2 atom stereocenters. The van der Waals surface area contributed by atoms with Crippen LogP contribution in [0.15, 0.2) is 16.6 Å². The summed E-state index contributed by atoms with van der Waals surface area (Å²) in [7, 11) is 0. The minimum Gasteiger partial charge on any atom is -0.316 e. The molecule has 1 N–H and O–H groups in total. The second-order valence-electron chi connectivity index (χ2n) is 4.71. The van der Waals surface area contributed by atoms with E-state index in [2.05, 4.69) is 21.2 Å². The monoisotopic (exact) mass is 317 g/mol. The summed E-state index contributed by atoms with van der Waals surface area (Å²) in [4.78, 5) is 12.1. The number of carbonyl (C=O) groups is 1. The van der Waals surface area contributed by atoms with E-state index < -0.39 is 11.6 Å². The number of ketones is 1. The molecule has 0 aromatic heterocycles. The van der Waals surface area contributed by atoms with Crippen LogP contribution in [-0.2, 0) is 11.2 Å². The van der Waals surface area contributed by atoms with Crippen molar-refractivity contribution < 1.29 is 13.6 Å². The third-order valence-electron chi connectivity index (χ3n) is 3.42. The van der Waals surface area contributed by atoms with Crippen LogP contribution >= 0.6 is 15.9 Å².